The highest BCUT2D eigenvalue weighted by atomic mass is 79.9. The van der Waals surface area contributed by atoms with Gasteiger partial charge in [0.15, 0.2) is 0 Å². The molecule has 0 aliphatic heterocycles. The van der Waals surface area contributed by atoms with Gasteiger partial charge in [-0.1, -0.05) is 44.8 Å². The molecule has 0 fully saturated rings. The Morgan fingerprint density at radius 2 is 2.33 bits per heavy atom. The quantitative estimate of drug-likeness (QED) is 0.330. The second-order valence-electron chi connectivity index (χ2n) is 2.81. The normalized spacial score (nSPS) is 10.3. The Labute approximate surface area is 102 Å². The molecule has 0 aromatic heterocycles. The van der Waals surface area contributed by atoms with Crippen LogP contribution in [0.25, 0.3) is 16.5 Å². The molecule has 0 spiro atoms. The molecule has 1 aromatic carbocycles. The fourth-order valence-electron chi connectivity index (χ4n) is 1.03. The highest BCUT2D eigenvalue weighted by Crippen LogP contribution is 2.22. The average Bonchev–Trinajstić information content (AvgIpc) is 2.23. The standard InChI is InChI=1S/C10H9BrClN3/c11-9-4-5-10(12)8(7-9)3-1-2-6-14-15-13/h1,3-5,7H,2,6H2. The average molecular weight is 287 g/mol. The highest BCUT2D eigenvalue weighted by Gasteiger charge is 1.96. The number of halogens is 2. The predicted octanol–water partition coefficient (Wildman–Crippen LogP) is 4.82. The highest BCUT2D eigenvalue weighted by molar-refractivity contribution is 9.10. The van der Waals surface area contributed by atoms with Gasteiger partial charge in [-0.15, -0.1) is 0 Å². The fourth-order valence-corrected chi connectivity index (χ4v) is 1.59. The van der Waals surface area contributed by atoms with Crippen LogP contribution in [0.5, 0.6) is 0 Å². The van der Waals surface area contributed by atoms with Crippen LogP contribution in [0.1, 0.15) is 12.0 Å². The maximum Gasteiger partial charge on any atom is 0.0479 e. The van der Waals surface area contributed by atoms with E-state index in [1.54, 1.807) is 0 Å². The van der Waals surface area contributed by atoms with E-state index in [0.717, 1.165) is 10.0 Å². The van der Waals surface area contributed by atoms with Crippen LogP contribution in [0.2, 0.25) is 5.02 Å². The number of benzene rings is 1. The van der Waals surface area contributed by atoms with Crippen LogP contribution in [0, 0.1) is 0 Å². The number of hydrogen-bond acceptors (Lipinski definition) is 1. The van der Waals surface area contributed by atoms with Crippen molar-refractivity contribution in [3.63, 3.8) is 0 Å². The molecule has 0 saturated heterocycles. The summed E-state index contributed by atoms with van der Waals surface area (Å²) in [6.45, 7) is 0.471. The minimum atomic E-state index is 0.471. The Balaban J connectivity index is 2.63. The lowest BCUT2D eigenvalue weighted by molar-refractivity contribution is 0.996. The molecule has 1 aromatic rings. The summed E-state index contributed by atoms with van der Waals surface area (Å²) in [7, 11) is 0. The first kappa shape index (κ1) is 12.1. The molecule has 5 heteroatoms. The van der Waals surface area contributed by atoms with E-state index in [9.17, 15) is 0 Å². The van der Waals surface area contributed by atoms with E-state index in [-0.39, 0.29) is 0 Å². The topological polar surface area (TPSA) is 48.8 Å². The third kappa shape index (κ3) is 4.38. The lowest BCUT2D eigenvalue weighted by Crippen LogP contribution is -1.77. The fraction of sp³-hybridized carbons (Fsp3) is 0.200. The molecule has 0 amide bonds. The summed E-state index contributed by atoms with van der Waals surface area (Å²) in [6, 6.07) is 5.66. The van der Waals surface area contributed by atoms with E-state index in [1.165, 1.54) is 0 Å². The molecule has 3 nitrogen and oxygen atoms in total. The van der Waals surface area contributed by atoms with Crippen LogP contribution in [-0.2, 0) is 0 Å². The van der Waals surface area contributed by atoms with Gasteiger partial charge in [0, 0.05) is 21.0 Å². The molecule has 0 aliphatic carbocycles. The molecule has 78 valence electrons. The monoisotopic (exact) mass is 285 g/mol. The first-order chi connectivity index (χ1) is 7.24. The summed E-state index contributed by atoms with van der Waals surface area (Å²) in [5.74, 6) is 0. The van der Waals surface area contributed by atoms with Gasteiger partial charge >= 0.3 is 0 Å². The van der Waals surface area contributed by atoms with Crippen LogP contribution < -0.4 is 0 Å². The minimum Gasteiger partial charge on any atom is -0.0937 e. The van der Waals surface area contributed by atoms with Crippen molar-refractivity contribution in [3.05, 3.63) is 49.8 Å². The van der Waals surface area contributed by atoms with Gasteiger partial charge in [0.2, 0.25) is 0 Å². The molecule has 15 heavy (non-hydrogen) atoms. The number of hydrogen-bond donors (Lipinski definition) is 0. The second kappa shape index (κ2) is 6.51. The van der Waals surface area contributed by atoms with E-state index in [0.29, 0.717) is 18.0 Å². The maximum absolute atomic E-state index is 8.07. The van der Waals surface area contributed by atoms with Crippen LogP contribution in [-0.4, -0.2) is 6.54 Å². The Morgan fingerprint density at radius 3 is 3.07 bits per heavy atom. The molecule has 0 saturated carbocycles. The molecule has 0 heterocycles. The third-order valence-electron chi connectivity index (χ3n) is 1.71. The summed E-state index contributed by atoms with van der Waals surface area (Å²) in [4.78, 5) is 2.67. The van der Waals surface area contributed by atoms with Crippen molar-refractivity contribution in [2.24, 2.45) is 5.11 Å². The van der Waals surface area contributed by atoms with E-state index in [2.05, 4.69) is 26.0 Å². The summed E-state index contributed by atoms with van der Waals surface area (Å²) in [6.07, 6.45) is 4.56. The molecule has 0 bridgehead atoms. The first-order valence-corrected chi connectivity index (χ1v) is 5.53. The van der Waals surface area contributed by atoms with Crippen LogP contribution in [0.3, 0.4) is 0 Å². The van der Waals surface area contributed by atoms with Crippen LogP contribution in [0.15, 0.2) is 33.9 Å². The number of azide groups is 1. The van der Waals surface area contributed by atoms with Gasteiger partial charge in [0.1, 0.15) is 0 Å². The zero-order valence-electron chi connectivity index (χ0n) is 7.90. The van der Waals surface area contributed by atoms with Crippen molar-refractivity contribution >= 4 is 33.6 Å². The number of rotatable bonds is 4. The number of nitrogens with zero attached hydrogens (tertiary/aromatic N) is 3. The predicted molar refractivity (Wildman–Crippen MR) is 66.8 cm³/mol. The largest absolute Gasteiger partial charge is 0.0937 e. The summed E-state index contributed by atoms with van der Waals surface area (Å²) < 4.78 is 0.988. The Bertz CT molecular complexity index is 411. The molecule has 0 unspecified atom stereocenters. The van der Waals surface area contributed by atoms with Gasteiger partial charge in [0.05, 0.1) is 0 Å². The van der Waals surface area contributed by atoms with Crippen molar-refractivity contribution in [2.75, 3.05) is 6.54 Å². The minimum absolute atomic E-state index is 0.471. The third-order valence-corrected chi connectivity index (χ3v) is 2.55. The van der Waals surface area contributed by atoms with Gasteiger partial charge in [0.25, 0.3) is 0 Å². The van der Waals surface area contributed by atoms with Gasteiger partial charge in [-0.05, 0) is 35.7 Å². The van der Waals surface area contributed by atoms with Crippen molar-refractivity contribution in [3.8, 4) is 0 Å². The van der Waals surface area contributed by atoms with Gasteiger partial charge in [-0.25, -0.2) is 0 Å². The molecule has 0 radical (unpaired) electrons. The molecular weight excluding hydrogens is 277 g/mol. The molecule has 0 aliphatic rings. The zero-order valence-corrected chi connectivity index (χ0v) is 10.2. The van der Waals surface area contributed by atoms with Gasteiger partial charge in [-0.3, -0.25) is 0 Å². The Kier molecular flexibility index (Phi) is 5.26. The van der Waals surface area contributed by atoms with E-state index in [1.807, 2.05) is 30.4 Å². The van der Waals surface area contributed by atoms with E-state index >= 15 is 0 Å². The van der Waals surface area contributed by atoms with Gasteiger partial charge < -0.3 is 0 Å². The van der Waals surface area contributed by atoms with Crippen molar-refractivity contribution in [2.45, 2.75) is 6.42 Å². The van der Waals surface area contributed by atoms with E-state index in [4.69, 9.17) is 17.1 Å². The molecule has 0 N–H and O–H groups in total. The smallest absolute Gasteiger partial charge is 0.0479 e. The second-order valence-corrected chi connectivity index (χ2v) is 4.13. The van der Waals surface area contributed by atoms with E-state index < -0.39 is 0 Å². The van der Waals surface area contributed by atoms with Crippen LogP contribution >= 0.6 is 27.5 Å². The zero-order chi connectivity index (χ0) is 11.1. The van der Waals surface area contributed by atoms with Crippen molar-refractivity contribution in [1.82, 2.24) is 0 Å². The lowest BCUT2D eigenvalue weighted by atomic mass is 10.2. The van der Waals surface area contributed by atoms with Gasteiger partial charge in [-0.2, -0.15) is 0 Å². The Hall–Kier alpha value is -0.960. The first-order valence-electron chi connectivity index (χ1n) is 4.36. The van der Waals surface area contributed by atoms with Crippen LogP contribution in [0.4, 0.5) is 0 Å². The molecular formula is C10H9BrClN3. The summed E-state index contributed by atoms with van der Waals surface area (Å²) >= 11 is 9.35. The SMILES string of the molecule is [N-]=[N+]=NCCC=Cc1cc(Br)ccc1Cl. The Morgan fingerprint density at radius 1 is 1.53 bits per heavy atom. The summed E-state index contributed by atoms with van der Waals surface area (Å²) in [5.41, 5.74) is 9.02. The lowest BCUT2D eigenvalue weighted by Gasteiger charge is -1.98. The maximum atomic E-state index is 8.07. The summed E-state index contributed by atoms with van der Waals surface area (Å²) in [5, 5.41) is 4.14. The van der Waals surface area contributed by atoms with Crippen molar-refractivity contribution < 1.29 is 0 Å². The van der Waals surface area contributed by atoms with Crippen molar-refractivity contribution in [1.29, 1.82) is 0 Å². The molecule has 0 atom stereocenters. The molecule has 1 rings (SSSR count).